The third kappa shape index (κ3) is 4.52. The van der Waals surface area contributed by atoms with Crippen molar-refractivity contribution in [3.63, 3.8) is 0 Å². The standard InChI is InChI=1S/C15H31N3/c1-13(11-15-7-6-8-16-15)17-12-14(2)18-9-4-3-5-10-18/h13-17H,3-12H2,1-2H3. The molecule has 2 fully saturated rings. The van der Waals surface area contributed by atoms with E-state index in [-0.39, 0.29) is 0 Å². The number of nitrogens with one attached hydrogen (secondary N) is 2. The van der Waals surface area contributed by atoms with Gasteiger partial charge in [-0.05, 0) is 65.6 Å². The molecule has 0 aromatic heterocycles. The maximum Gasteiger partial charge on any atom is 0.0192 e. The van der Waals surface area contributed by atoms with Gasteiger partial charge in [0.2, 0.25) is 0 Å². The second kappa shape index (κ2) is 7.46. The third-order valence-electron chi connectivity index (χ3n) is 4.58. The van der Waals surface area contributed by atoms with E-state index in [4.69, 9.17) is 0 Å². The summed E-state index contributed by atoms with van der Waals surface area (Å²) < 4.78 is 0. The number of piperidine rings is 1. The highest BCUT2D eigenvalue weighted by Gasteiger charge is 2.19. The molecule has 2 rings (SSSR count). The molecule has 0 amide bonds. The van der Waals surface area contributed by atoms with Crippen LogP contribution in [0, 0.1) is 0 Å². The van der Waals surface area contributed by atoms with E-state index in [2.05, 4.69) is 29.4 Å². The van der Waals surface area contributed by atoms with Crippen LogP contribution in [0.4, 0.5) is 0 Å². The predicted octanol–water partition coefficient (Wildman–Crippen LogP) is 1.98. The summed E-state index contributed by atoms with van der Waals surface area (Å²) in [5, 5.41) is 7.31. The summed E-state index contributed by atoms with van der Waals surface area (Å²) in [6.07, 6.45) is 8.24. The van der Waals surface area contributed by atoms with Crippen LogP contribution in [0.25, 0.3) is 0 Å². The van der Waals surface area contributed by atoms with Crippen molar-refractivity contribution in [1.82, 2.24) is 15.5 Å². The topological polar surface area (TPSA) is 27.3 Å². The van der Waals surface area contributed by atoms with Gasteiger partial charge >= 0.3 is 0 Å². The van der Waals surface area contributed by atoms with Crippen molar-refractivity contribution >= 4 is 0 Å². The van der Waals surface area contributed by atoms with Crippen molar-refractivity contribution in [3.8, 4) is 0 Å². The van der Waals surface area contributed by atoms with E-state index in [0.29, 0.717) is 12.1 Å². The lowest BCUT2D eigenvalue weighted by atomic mass is 10.1. The molecule has 0 spiro atoms. The van der Waals surface area contributed by atoms with E-state index in [1.165, 1.54) is 58.2 Å². The molecule has 3 nitrogen and oxygen atoms in total. The first-order valence-electron chi connectivity index (χ1n) is 7.96. The van der Waals surface area contributed by atoms with Gasteiger partial charge in [0.1, 0.15) is 0 Å². The van der Waals surface area contributed by atoms with Crippen LogP contribution in [0.5, 0.6) is 0 Å². The zero-order valence-corrected chi connectivity index (χ0v) is 12.3. The van der Waals surface area contributed by atoms with Gasteiger partial charge in [0.25, 0.3) is 0 Å². The highest BCUT2D eigenvalue weighted by atomic mass is 15.2. The van der Waals surface area contributed by atoms with Gasteiger partial charge in [-0.25, -0.2) is 0 Å². The van der Waals surface area contributed by atoms with Crippen LogP contribution in [-0.2, 0) is 0 Å². The van der Waals surface area contributed by atoms with Crippen LogP contribution in [0.2, 0.25) is 0 Å². The van der Waals surface area contributed by atoms with Crippen molar-refractivity contribution < 1.29 is 0 Å². The van der Waals surface area contributed by atoms with E-state index in [1.54, 1.807) is 0 Å². The summed E-state index contributed by atoms with van der Waals surface area (Å²) in [7, 11) is 0. The minimum atomic E-state index is 0.646. The minimum Gasteiger partial charge on any atom is -0.314 e. The molecule has 0 saturated carbocycles. The van der Waals surface area contributed by atoms with E-state index in [1.807, 2.05) is 0 Å². The van der Waals surface area contributed by atoms with Crippen LogP contribution in [-0.4, -0.2) is 49.2 Å². The Morgan fingerprint density at radius 3 is 2.61 bits per heavy atom. The number of nitrogens with zero attached hydrogens (tertiary/aromatic N) is 1. The van der Waals surface area contributed by atoms with Gasteiger partial charge in [-0.2, -0.15) is 0 Å². The van der Waals surface area contributed by atoms with Gasteiger partial charge in [0.05, 0.1) is 0 Å². The molecular formula is C15H31N3. The Balaban J connectivity index is 1.60. The highest BCUT2D eigenvalue weighted by Crippen LogP contribution is 2.13. The van der Waals surface area contributed by atoms with Crippen LogP contribution >= 0.6 is 0 Å². The number of hydrogen-bond donors (Lipinski definition) is 2. The largest absolute Gasteiger partial charge is 0.314 e. The van der Waals surface area contributed by atoms with Gasteiger partial charge in [0.15, 0.2) is 0 Å². The van der Waals surface area contributed by atoms with Crippen molar-refractivity contribution in [2.75, 3.05) is 26.2 Å². The molecule has 0 bridgehead atoms. The molecule has 3 atom stereocenters. The number of rotatable bonds is 6. The molecule has 0 aromatic carbocycles. The molecule has 106 valence electrons. The molecule has 2 N–H and O–H groups in total. The first-order chi connectivity index (χ1) is 8.75. The average molecular weight is 253 g/mol. The molecule has 2 aliphatic heterocycles. The predicted molar refractivity (Wildman–Crippen MR) is 78.0 cm³/mol. The fourth-order valence-corrected chi connectivity index (χ4v) is 3.33. The normalized spacial score (nSPS) is 29.3. The summed E-state index contributed by atoms with van der Waals surface area (Å²) in [6, 6.07) is 2.11. The summed E-state index contributed by atoms with van der Waals surface area (Å²) in [6.45, 7) is 9.69. The molecule has 3 heteroatoms. The van der Waals surface area contributed by atoms with Crippen molar-refractivity contribution in [2.45, 2.75) is 70.5 Å². The van der Waals surface area contributed by atoms with Crippen LogP contribution < -0.4 is 10.6 Å². The third-order valence-corrected chi connectivity index (χ3v) is 4.58. The lowest BCUT2D eigenvalue weighted by Gasteiger charge is -2.33. The first kappa shape index (κ1) is 14.3. The second-order valence-electron chi connectivity index (χ2n) is 6.28. The maximum absolute atomic E-state index is 3.72. The van der Waals surface area contributed by atoms with Crippen molar-refractivity contribution in [3.05, 3.63) is 0 Å². The Morgan fingerprint density at radius 2 is 1.94 bits per heavy atom. The molecular weight excluding hydrogens is 222 g/mol. The monoisotopic (exact) mass is 253 g/mol. The van der Waals surface area contributed by atoms with Crippen molar-refractivity contribution in [1.29, 1.82) is 0 Å². The second-order valence-corrected chi connectivity index (χ2v) is 6.28. The van der Waals surface area contributed by atoms with Gasteiger partial charge in [-0.3, -0.25) is 4.90 Å². The summed E-state index contributed by atoms with van der Waals surface area (Å²) >= 11 is 0. The molecule has 0 radical (unpaired) electrons. The summed E-state index contributed by atoms with van der Waals surface area (Å²) in [4.78, 5) is 2.65. The van der Waals surface area contributed by atoms with Gasteiger partial charge < -0.3 is 10.6 Å². The van der Waals surface area contributed by atoms with Gasteiger partial charge in [0, 0.05) is 24.7 Å². The van der Waals surface area contributed by atoms with E-state index in [9.17, 15) is 0 Å². The minimum absolute atomic E-state index is 0.646. The lowest BCUT2D eigenvalue weighted by molar-refractivity contribution is 0.167. The highest BCUT2D eigenvalue weighted by molar-refractivity contribution is 4.80. The van der Waals surface area contributed by atoms with Crippen LogP contribution in [0.3, 0.4) is 0 Å². The molecule has 2 aliphatic rings. The fourth-order valence-electron chi connectivity index (χ4n) is 3.33. The van der Waals surface area contributed by atoms with Crippen molar-refractivity contribution in [2.24, 2.45) is 0 Å². The molecule has 3 unspecified atom stereocenters. The first-order valence-corrected chi connectivity index (χ1v) is 7.96. The van der Waals surface area contributed by atoms with Gasteiger partial charge in [-0.15, -0.1) is 0 Å². The molecule has 18 heavy (non-hydrogen) atoms. The Morgan fingerprint density at radius 1 is 1.17 bits per heavy atom. The van der Waals surface area contributed by atoms with Crippen LogP contribution in [0.1, 0.15) is 52.4 Å². The number of likely N-dealkylation sites (tertiary alicyclic amines) is 1. The Kier molecular flexibility index (Phi) is 5.93. The van der Waals surface area contributed by atoms with Gasteiger partial charge in [-0.1, -0.05) is 6.42 Å². The lowest BCUT2D eigenvalue weighted by Crippen LogP contribution is -2.45. The Labute approximate surface area is 113 Å². The van der Waals surface area contributed by atoms with E-state index in [0.717, 1.165) is 12.6 Å². The Hall–Kier alpha value is -0.120. The zero-order valence-electron chi connectivity index (χ0n) is 12.3. The summed E-state index contributed by atoms with van der Waals surface area (Å²) in [5.74, 6) is 0. The fraction of sp³-hybridized carbons (Fsp3) is 1.00. The zero-order chi connectivity index (χ0) is 12.8. The van der Waals surface area contributed by atoms with E-state index >= 15 is 0 Å². The van der Waals surface area contributed by atoms with E-state index < -0.39 is 0 Å². The average Bonchev–Trinajstić information content (AvgIpc) is 2.90. The SMILES string of the molecule is CC(CC1CCCN1)NCC(C)N1CCCCC1. The maximum atomic E-state index is 3.72. The molecule has 2 heterocycles. The quantitative estimate of drug-likeness (QED) is 0.758. The molecule has 2 saturated heterocycles. The molecule has 0 aliphatic carbocycles. The Bertz CT molecular complexity index is 220. The molecule has 0 aromatic rings. The van der Waals surface area contributed by atoms with Crippen LogP contribution in [0.15, 0.2) is 0 Å². The number of hydrogen-bond acceptors (Lipinski definition) is 3. The summed E-state index contributed by atoms with van der Waals surface area (Å²) in [5.41, 5.74) is 0. The smallest absolute Gasteiger partial charge is 0.0192 e.